The molecule has 1 N–H and O–H groups in total. The fourth-order valence-corrected chi connectivity index (χ4v) is 4.68. The molecule has 2 aliphatic rings. The second-order valence-corrected chi connectivity index (χ2v) is 8.03. The quantitative estimate of drug-likeness (QED) is 0.869. The molecule has 0 amide bonds. The molecule has 5 nitrogen and oxygen atoms in total. The van der Waals surface area contributed by atoms with E-state index in [-0.39, 0.29) is 12.5 Å². The van der Waals surface area contributed by atoms with E-state index < -0.39 is 9.84 Å². The van der Waals surface area contributed by atoms with Crippen LogP contribution in [0.1, 0.15) is 36.7 Å². The maximum absolute atomic E-state index is 11.5. The Morgan fingerprint density at radius 3 is 2.74 bits per heavy atom. The van der Waals surface area contributed by atoms with Gasteiger partial charge in [0.05, 0.1) is 11.5 Å². The van der Waals surface area contributed by atoms with Crippen molar-refractivity contribution in [2.24, 2.45) is 5.92 Å². The second kappa shape index (κ2) is 4.90. The summed E-state index contributed by atoms with van der Waals surface area (Å²) in [5.74, 6) is 2.27. The molecular formula is C13H20N2O3S. The van der Waals surface area contributed by atoms with Crippen LogP contribution in [0.2, 0.25) is 0 Å². The van der Waals surface area contributed by atoms with Crippen LogP contribution in [0.4, 0.5) is 0 Å². The van der Waals surface area contributed by atoms with E-state index in [1.54, 1.807) is 0 Å². The Labute approximate surface area is 113 Å². The van der Waals surface area contributed by atoms with Crippen LogP contribution in [-0.4, -0.2) is 41.2 Å². The number of nitrogens with zero attached hydrogens (tertiary/aromatic N) is 2. The van der Waals surface area contributed by atoms with Crippen molar-refractivity contribution in [3.63, 3.8) is 0 Å². The summed E-state index contributed by atoms with van der Waals surface area (Å²) in [6.45, 7) is 1.14. The van der Waals surface area contributed by atoms with Gasteiger partial charge in [0, 0.05) is 31.0 Å². The van der Waals surface area contributed by atoms with E-state index in [2.05, 4.69) is 9.55 Å². The van der Waals surface area contributed by atoms with Gasteiger partial charge in [-0.1, -0.05) is 0 Å². The van der Waals surface area contributed by atoms with E-state index in [1.165, 1.54) is 5.69 Å². The maximum atomic E-state index is 11.5. The lowest BCUT2D eigenvalue weighted by atomic mass is 9.96. The lowest BCUT2D eigenvalue weighted by molar-refractivity contribution is 0.199. The highest BCUT2D eigenvalue weighted by atomic mass is 32.2. The Morgan fingerprint density at radius 2 is 2.05 bits per heavy atom. The summed E-state index contributed by atoms with van der Waals surface area (Å²) in [6.07, 6.45) is 5.16. The third-order valence-electron chi connectivity index (χ3n) is 4.41. The lowest BCUT2D eigenvalue weighted by Gasteiger charge is -2.27. The molecule has 2 aliphatic heterocycles. The molecule has 19 heavy (non-hydrogen) atoms. The monoisotopic (exact) mass is 284 g/mol. The molecule has 0 aliphatic carbocycles. The van der Waals surface area contributed by atoms with Gasteiger partial charge in [-0.15, -0.1) is 0 Å². The summed E-state index contributed by atoms with van der Waals surface area (Å²) in [5, 5.41) is 9.23. The van der Waals surface area contributed by atoms with E-state index in [1.807, 2.05) is 6.20 Å². The Hall–Kier alpha value is -0.880. The lowest BCUT2D eigenvalue weighted by Crippen LogP contribution is -2.27. The van der Waals surface area contributed by atoms with Crippen molar-refractivity contribution in [1.82, 2.24) is 9.55 Å². The number of sulfone groups is 1. The fraction of sp³-hybridized carbons (Fsp3) is 0.769. The summed E-state index contributed by atoms with van der Waals surface area (Å²) < 4.78 is 25.2. The highest BCUT2D eigenvalue weighted by molar-refractivity contribution is 7.91. The third kappa shape index (κ3) is 2.56. The van der Waals surface area contributed by atoms with Crippen molar-refractivity contribution < 1.29 is 13.5 Å². The first-order valence-electron chi connectivity index (χ1n) is 6.94. The molecule has 0 saturated carbocycles. The molecule has 106 valence electrons. The van der Waals surface area contributed by atoms with Gasteiger partial charge in [-0.25, -0.2) is 13.4 Å². The van der Waals surface area contributed by atoms with Crippen molar-refractivity contribution >= 4 is 9.84 Å². The van der Waals surface area contributed by atoms with E-state index in [4.69, 9.17) is 0 Å². The average molecular weight is 284 g/mol. The normalized spacial score (nSPS) is 27.1. The Kier molecular flexibility index (Phi) is 3.39. The topological polar surface area (TPSA) is 72.2 Å². The summed E-state index contributed by atoms with van der Waals surface area (Å²) in [7, 11) is -2.81. The molecule has 1 aromatic rings. The first-order chi connectivity index (χ1) is 9.09. The van der Waals surface area contributed by atoms with E-state index >= 15 is 0 Å². The van der Waals surface area contributed by atoms with E-state index in [0.717, 1.165) is 25.2 Å². The zero-order chi connectivity index (χ0) is 13.5. The molecule has 0 radical (unpaired) electrons. The first-order valence-corrected chi connectivity index (χ1v) is 8.77. The maximum Gasteiger partial charge on any atom is 0.150 e. The minimum Gasteiger partial charge on any atom is -0.396 e. The van der Waals surface area contributed by atoms with Crippen LogP contribution in [0, 0.1) is 5.92 Å². The number of hydrogen-bond acceptors (Lipinski definition) is 4. The molecule has 0 aromatic carbocycles. The molecule has 1 saturated heterocycles. The van der Waals surface area contributed by atoms with Crippen LogP contribution >= 0.6 is 0 Å². The molecule has 1 aromatic heterocycles. The van der Waals surface area contributed by atoms with E-state index in [9.17, 15) is 13.5 Å². The largest absolute Gasteiger partial charge is 0.396 e. The van der Waals surface area contributed by atoms with Crippen LogP contribution in [0.3, 0.4) is 0 Å². The van der Waals surface area contributed by atoms with Gasteiger partial charge < -0.3 is 9.67 Å². The van der Waals surface area contributed by atoms with Crippen LogP contribution in [0.5, 0.6) is 0 Å². The zero-order valence-corrected chi connectivity index (χ0v) is 11.8. The highest BCUT2D eigenvalue weighted by Gasteiger charge is 2.30. The van der Waals surface area contributed by atoms with Crippen molar-refractivity contribution in [3.8, 4) is 0 Å². The predicted molar refractivity (Wildman–Crippen MR) is 71.8 cm³/mol. The van der Waals surface area contributed by atoms with Crippen LogP contribution in [0.15, 0.2) is 6.20 Å². The van der Waals surface area contributed by atoms with Crippen LogP contribution in [-0.2, 0) is 22.8 Å². The SMILES string of the molecule is O=S1(=O)CCC(c2ncc3n2CCC(CO)C3)CC1. The summed E-state index contributed by atoms with van der Waals surface area (Å²) in [6, 6.07) is 0. The second-order valence-electron chi connectivity index (χ2n) is 5.73. The summed E-state index contributed by atoms with van der Waals surface area (Å²) in [4.78, 5) is 4.52. The van der Waals surface area contributed by atoms with Gasteiger partial charge in [0.1, 0.15) is 15.7 Å². The Bertz CT molecular complexity index is 550. The average Bonchev–Trinajstić information content (AvgIpc) is 2.81. The minimum absolute atomic E-state index is 0.238. The minimum atomic E-state index is -2.81. The highest BCUT2D eigenvalue weighted by Crippen LogP contribution is 2.31. The number of aliphatic hydroxyl groups excluding tert-OH is 1. The summed E-state index contributed by atoms with van der Waals surface area (Å²) >= 11 is 0. The van der Waals surface area contributed by atoms with Gasteiger partial charge >= 0.3 is 0 Å². The number of fused-ring (bicyclic) bond motifs is 1. The third-order valence-corrected chi connectivity index (χ3v) is 6.12. The van der Waals surface area contributed by atoms with Crippen molar-refractivity contribution in [1.29, 1.82) is 0 Å². The smallest absolute Gasteiger partial charge is 0.150 e. The molecule has 3 heterocycles. The molecular weight excluding hydrogens is 264 g/mol. The van der Waals surface area contributed by atoms with Crippen molar-refractivity contribution in [2.75, 3.05) is 18.1 Å². The number of rotatable bonds is 2. The van der Waals surface area contributed by atoms with Gasteiger partial charge in [-0.3, -0.25) is 0 Å². The summed E-state index contributed by atoms with van der Waals surface area (Å²) in [5.41, 5.74) is 1.19. The molecule has 6 heteroatoms. The van der Waals surface area contributed by atoms with Gasteiger partial charge in [0.15, 0.2) is 0 Å². The van der Waals surface area contributed by atoms with Crippen LogP contribution < -0.4 is 0 Å². The molecule has 0 spiro atoms. The molecule has 1 atom stereocenters. The molecule has 3 rings (SSSR count). The van der Waals surface area contributed by atoms with Gasteiger partial charge in [-0.05, 0) is 31.6 Å². The fourth-order valence-electron chi connectivity index (χ4n) is 3.19. The zero-order valence-electron chi connectivity index (χ0n) is 11.0. The molecule has 1 unspecified atom stereocenters. The Balaban J connectivity index is 1.79. The van der Waals surface area contributed by atoms with Crippen molar-refractivity contribution in [2.45, 2.75) is 38.1 Å². The number of hydrogen-bond donors (Lipinski definition) is 1. The van der Waals surface area contributed by atoms with Crippen molar-refractivity contribution in [3.05, 3.63) is 17.7 Å². The van der Waals surface area contributed by atoms with Crippen LogP contribution in [0.25, 0.3) is 0 Å². The van der Waals surface area contributed by atoms with Gasteiger partial charge in [0.2, 0.25) is 0 Å². The standard InChI is InChI=1S/C13H20N2O3S/c16-9-10-1-4-15-12(7-10)8-14-13(15)11-2-5-19(17,18)6-3-11/h8,10-11,16H,1-7,9H2. The van der Waals surface area contributed by atoms with Gasteiger partial charge in [0.25, 0.3) is 0 Å². The number of aromatic nitrogens is 2. The molecule has 0 bridgehead atoms. The number of aliphatic hydroxyl groups is 1. The van der Waals surface area contributed by atoms with Gasteiger partial charge in [-0.2, -0.15) is 0 Å². The number of imidazole rings is 1. The molecule has 1 fully saturated rings. The van der Waals surface area contributed by atoms with E-state index in [0.29, 0.717) is 30.3 Å². The predicted octanol–water partition coefficient (Wildman–Crippen LogP) is 0.730. The Morgan fingerprint density at radius 1 is 1.32 bits per heavy atom. The first kappa shape index (κ1) is 13.1.